The molecule has 0 aromatic rings. The average Bonchev–Trinajstić information content (AvgIpc) is 1.91. The van der Waals surface area contributed by atoms with E-state index in [2.05, 4.69) is 34.7 Å². The topological polar surface area (TPSA) is 0 Å². The van der Waals surface area contributed by atoms with Crippen molar-refractivity contribution in [1.82, 2.24) is 0 Å². The Morgan fingerprint density at radius 1 is 1.44 bits per heavy atom. The fourth-order valence-electron chi connectivity index (χ4n) is 1.27. The van der Waals surface area contributed by atoms with E-state index in [1.807, 2.05) is 0 Å². The van der Waals surface area contributed by atoms with Crippen LogP contribution in [0, 0.1) is 5.92 Å². The number of halogens is 1. The third-order valence-electron chi connectivity index (χ3n) is 1.90. The molecule has 0 amide bonds. The van der Waals surface area contributed by atoms with Crippen LogP contribution < -0.4 is 0 Å². The second kappa shape index (κ2) is 4.31. The van der Waals surface area contributed by atoms with Crippen molar-refractivity contribution in [2.45, 2.75) is 25.7 Å². The van der Waals surface area contributed by atoms with Gasteiger partial charge in [-0.25, -0.2) is 0 Å². The Morgan fingerprint density at radius 2 is 2.33 bits per heavy atom. The SMILES string of the molecule is ICCC1CC=CCC1. The summed E-state index contributed by atoms with van der Waals surface area (Å²) < 4.78 is 1.33. The number of hydrogen-bond donors (Lipinski definition) is 0. The Morgan fingerprint density at radius 3 is 2.89 bits per heavy atom. The third-order valence-corrected chi connectivity index (χ3v) is 2.52. The lowest BCUT2D eigenvalue weighted by Gasteiger charge is -2.15. The zero-order valence-electron chi connectivity index (χ0n) is 5.65. The Balaban J connectivity index is 2.18. The van der Waals surface area contributed by atoms with Crippen molar-refractivity contribution in [1.29, 1.82) is 0 Å². The van der Waals surface area contributed by atoms with E-state index in [-0.39, 0.29) is 0 Å². The number of rotatable bonds is 2. The molecule has 0 N–H and O–H groups in total. The van der Waals surface area contributed by atoms with Gasteiger partial charge in [-0.15, -0.1) is 0 Å². The van der Waals surface area contributed by atoms with Crippen molar-refractivity contribution in [2.24, 2.45) is 5.92 Å². The third kappa shape index (κ3) is 2.70. The lowest BCUT2D eigenvalue weighted by Crippen LogP contribution is -2.02. The molecule has 0 radical (unpaired) electrons. The molecule has 0 nitrogen and oxygen atoms in total. The van der Waals surface area contributed by atoms with Crippen LogP contribution in [0.2, 0.25) is 0 Å². The average molecular weight is 236 g/mol. The predicted octanol–water partition coefficient (Wildman–Crippen LogP) is 3.17. The van der Waals surface area contributed by atoms with Crippen molar-refractivity contribution in [2.75, 3.05) is 4.43 Å². The molecule has 0 spiro atoms. The predicted molar refractivity (Wildman–Crippen MR) is 50.0 cm³/mol. The van der Waals surface area contributed by atoms with Crippen molar-refractivity contribution >= 4 is 22.6 Å². The summed E-state index contributed by atoms with van der Waals surface area (Å²) >= 11 is 2.47. The van der Waals surface area contributed by atoms with Crippen molar-refractivity contribution in [3.05, 3.63) is 12.2 Å². The van der Waals surface area contributed by atoms with Gasteiger partial charge in [0.2, 0.25) is 0 Å². The summed E-state index contributed by atoms with van der Waals surface area (Å²) in [5.41, 5.74) is 0. The van der Waals surface area contributed by atoms with E-state index in [9.17, 15) is 0 Å². The number of hydrogen-bond acceptors (Lipinski definition) is 0. The highest BCUT2D eigenvalue weighted by atomic mass is 127. The molecule has 1 heteroatoms. The maximum atomic E-state index is 2.47. The van der Waals surface area contributed by atoms with Crippen LogP contribution in [0.1, 0.15) is 25.7 Å². The number of allylic oxidation sites excluding steroid dienone is 2. The van der Waals surface area contributed by atoms with E-state index in [4.69, 9.17) is 0 Å². The zero-order chi connectivity index (χ0) is 6.53. The summed E-state index contributed by atoms with van der Waals surface area (Å²) in [5.74, 6) is 1.01. The largest absolute Gasteiger partial charge is 0.0885 e. The van der Waals surface area contributed by atoms with Crippen LogP contribution in [0.3, 0.4) is 0 Å². The van der Waals surface area contributed by atoms with Gasteiger partial charge in [-0.3, -0.25) is 0 Å². The maximum Gasteiger partial charge on any atom is -0.000198 e. The highest BCUT2D eigenvalue weighted by molar-refractivity contribution is 14.1. The van der Waals surface area contributed by atoms with Gasteiger partial charge in [0.05, 0.1) is 0 Å². The molecule has 0 bridgehead atoms. The maximum absolute atomic E-state index is 2.47. The summed E-state index contributed by atoms with van der Waals surface area (Å²) in [6.07, 6.45) is 10.2. The molecular formula is C8H13I. The van der Waals surface area contributed by atoms with Gasteiger partial charge in [0, 0.05) is 0 Å². The smallest absolute Gasteiger partial charge is 0.000198 e. The molecule has 0 aromatic heterocycles. The summed E-state index contributed by atoms with van der Waals surface area (Å²) in [6, 6.07) is 0. The van der Waals surface area contributed by atoms with Crippen LogP contribution >= 0.6 is 22.6 Å². The molecule has 9 heavy (non-hydrogen) atoms. The van der Waals surface area contributed by atoms with E-state index in [0.717, 1.165) is 5.92 Å². The molecule has 0 saturated heterocycles. The lowest BCUT2D eigenvalue weighted by molar-refractivity contribution is 0.471. The second-order valence-electron chi connectivity index (χ2n) is 2.63. The Kier molecular flexibility index (Phi) is 3.63. The summed E-state index contributed by atoms with van der Waals surface area (Å²) in [7, 11) is 0. The molecule has 1 aliphatic carbocycles. The Hall–Kier alpha value is 0.470. The van der Waals surface area contributed by atoms with Crippen molar-refractivity contribution < 1.29 is 0 Å². The van der Waals surface area contributed by atoms with Gasteiger partial charge in [-0.1, -0.05) is 34.7 Å². The van der Waals surface area contributed by atoms with E-state index in [1.54, 1.807) is 0 Å². The molecule has 0 fully saturated rings. The minimum Gasteiger partial charge on any atom is -0.0885 e. The number of alkyl halides is 1. The summed E-state index contributed by atoms with van der Waals surface area (Å²) in [5, 5.41) is 0. The molecule has 1 atom stereocenters. The standard InChI is InChI=1S/C8H13I/c9-7-6-8-4-2-1-3-5-8/h1-2,8H,3-7H2. The van der Waals surface area contributed by atoms with E-state index in [1.165, 1.54) is 30.1 Å². The van der Waals surface area contributed by atoms with Crippen LogP contribution in [0.4, 0.5) is 0 Å². The fraction of sp³-hybridized carbons (Fsp3) is 0.750. The summed E-state index contributed by atoms with van der Waals surface area (Å²) in [6.45, 7) is 0. The molecule has 1 unspecified atom stereocenters. The molecular weight excluding hydrogens is 223 g/mol. The van der Waals surface area contributed by atoms with Gasteiger partial charge >= 0.3 is 0 Å². The van der Waals surface area contributed by atoms with E-state index in [0.29, 0.717) is 0 Å². The van der Waals surface area contributed by atoms with Gasteiger partial charge in [-0.2, -0.15) is 0 Å². The van der Waals surface area contributed by atoms with Crippen molar-refractivity contribution in [3.63, 3.8) is 0 Å². The van der Waals surface area contributed by atoms with Crippen LogP contribution in [-0.2, 0) is 0 Å². The van der Waals surface area contributed by atoms with Crippen molar-refractivity contribution in [3.8, 4) is 0 Å². The van der Waals surface area contributed by atoms with Gasteiger partial charge in [0.15, 0.2) is 0 Å². The first-order chi connectivity index (χ1) is 4.43. The van der Waals surface area contributed by atoms with Gasteiger partial charge < -0.3 is 0 Å². The molecule has 0 heterocycles. The second-order valence-corrected chi connectivity index (χ2v) is 3.71. The first-order valence-electron chi connectivity index (χ1n) is 3.64. The van der Waals surface area contributed by atoms with E-state index >= 15 is 0 Å². The highest BCUT2D eigenvalue weighted by Crippen LogP contribution is 2.21. The quantitative estimate of drug-likeness (QED) is 0.392. The van der Waals surface area contributed by atoms with Gasteiger partial charge in [0.25, 0.3) is 0 Å². The van der Waals surface area contributed by atoms with Crippen LogP contribution in [-0.4, -0.2) is 4.43 Å². The molecule has 0 saturated carbocycles. The Bertz CT molecular complexity index is 96.7. The molecule has 0 aromatic carbocycles. The normalized spacial score (nSPS) is 26.6. The zero-order valence-corrected chi connectivity index (χ0v) is 7.80. The Labute approximate surface area is 70.9 Å². The van der Waals surface area contributed by atoms with Gasteiger partial charge in [0.1, 0.15) is 0 Å². The first-order valence-corrected chi connectivity index (χ1v) is 5.17. The minimum absolute atomic E-state index is 1.01. The van der Waals surface area contributed by atoms with E-state index < -0.39 is 0 Å². The van der Waals surface area contributed by atoms with Crippen LogP contribution in [0.5, 0.6) is 0 Å². The fourth-order valence-corrected chi connectivity index (χ4v) is 2.15. The minimum atomic E-state index is 1.01. The van der Waals surface area contributed by atoms with Gasteiger partial charge in [-0.05, 0) is 36.0 Å². The van der Waals surface area contributed by atoms with Crippen LogP contribution in [0.15, 0.2) is 12.2 Å². The summed E-state index contributed by atoms with van der Waals surface area (Å²) in [4.78, 5) is 0. The molecule has 1 rings (SSSR count). The monoisotopic (exact) mass is 236 g/mol. The molecule has 1 aliphatic rings. The highest BCUT2D eigenvalue weighted by Gasteiger charge is 2.07. The molecule has 0 aliphatic heterocycles. The van der Waals surface area contributed by atoms with Crippen LogP contribution in [0.25, 0.3) is 0 Å². The first kappa shape index (κ1) is 7.58. The molecule has 52 valence electrons. The lowest BCUT2D eigenvalue weighted by atomic mass is 9.92.